The van der Waals surface area contributed by atoms with Crippen LogP contribution < -0.4 is 10.9 Å². The number of H-pyrrole nitrogens is 1. The maximum Gasteiger partial charge on any atom is 0.325 e. The molecule has 1 amide bonds. The summed E-state index contributed by atoms with van der Waals surface area (Å²) in [5, 5.41) is 4.40. The number of rotatable bonds is 5. The van der Waals surface area contributed by atoms with E-state index < -0.39 is 5.97 Å². The summed E-state index contributed by atoms with van der Waals surface area (Å²) in [7, 11) is 0. The Morgan fingerprint density at radius 3 is 2.92 bits per heavy atom. The molecule has 0 bridgehead atoms. The fourth-order valence-electron chi connectivity index (χ4n) is 2.86. The molecule has 1 aliphatic rings. The summed E-state index contributed by atoms with van der Waals surface area (Å²) in [6.45, 7) is -0.292. The van der Waals surface area contributed by atoms with E-state index in [9.17, 15) is 14.4 Å². The molecule has 0 unspecified atom stereocenters. The predicted octanol–water partition coefficient (Wildman–Crippen LogP) is 1.72. The largest absolute Gasteiger partial charge is 0.456 e. The maximum atomic E-state index is 12.0. The van der Waals surface area contributed by atoms with E-state index in [-0.39, 0.29) is 36.4 Å². The maximum absolute atomic E-state index is 12.0. The third kappa shape index (κ3) is 4.00. The lowest BCUT2D eigenvalue weighted by Crippen LogP contribution is -2.36. The number of carbonyl (C=O) groups excluding carboxylic acids is 2. The number of ether oxygens (including phenoxy) is 1. The number of aromatic amines is 1. The number of amides is 1. The number of fused-ring (bicyclic) bond motifs is 1. The molecule has 0 spiro atoms. The molecule has 2 heterocycles. The molecular formula is C16H19N3O4S. The topological polar surface area (TPSA) is 101 Å². The third-order valence-corrected chi connectivity index (χ3v) is 5.02. The van der Waals surface area contributed by atoms with Gasteiger partial charge in [-0.3, -0.25) is 14.4 Å². The highest BCUT2D eigenvalue weighted by atomic mass is 32.1. The van der Waals surface area contributed by atoms with Crippen molar-refractivity contribution in [3.05, 3.63) is 27.6 Å². The lowest BCUT2D eigenvalue weighted by molar-refractivity contribution is -0.145. The summed E-state index contributed by atoms with van der Waals surface area (Å²) < 4.78 is 5.61. The van der Waals surface area contributed by atoms with Crippen LogP contribution in [0.5, 0.6) is 0 Å². The molecule has 2 aromatic rings. The number of nitrogens with one attached hydrogen (secondary N) is 2. The van der Waals surface area contributed by atoms with Gasteiger partial charge in [-0.05, 0) is 24.3 Å². The Kier molecular flexibility index (Phi) is 5.24. The summed E-state index contributed by atoms with van der Waals surface area (Å²) in [6, 6.07) is 1.74. The molecule has 1 aliphatic carbocycles. The van der Waals surface area contributed by atoms with Crippen LogP contribution in [0.2, 0.25) is 0 Å². The molecule has 0 aromatic carbocycles. The van der Waals surface area contributed by atoms with Gasteiger partial charge in [-0.15, -0.1) is 11.3 Å². The van der Waals surface area contributed by atoms with Crippen LogP contribution >= 0.6 is 11.3 Å². The molecule has 8 heteroatoms. The van der Waals surface area contributed by atoms with Gasteiger partial charge in [-0.25, -0.2) is 4.98 Å². The molecule has 2 N–H and O–H groups in total. The number of hydrogen-bond acceptors (Lipinski definition) is 6. The SMILES string of the molecule is O=C(CNC(=O)C1CCCCC1)OCc1nc2ccsc2c(=O)[nH]1. The molecule has 1 fully saturated rings. The second-order valence-electron chi connectivity index (χ2n) is 5.86. The number of aromatic nitrogens is 2. The van der Waals surface area contributed by atoms with Gasteiger partial charge in [0.1, 0.15) is 23.7 Å². The normalized spacial score (nSPS) is 15.3. The van der Waals surface area contributed by atoms with E-state index >= 15 is 0 Å². The summed E-state index contributed by atoms with van der Waals surface area (Å²) >= 11 is 1.31. The lowest BCUT2D eigenvalue weighted by Gasteiger charge is -2.20. The lowest BCUT2D eigenvalue weighted by atomic mass is 9.89. The molecule has 7 nitrogen and oxygen atoms in total. The molecule has 24 heavy (non-hydrogen) atoms. The van der Waals surface area contributed by atoms with E-state index in [0.29, 0.717) is 10.2 Å². The van der Waals surface area contributed by atoms with E-state index in [1.165, 1.54) is 17.8 Å². The molecule has 1 saturated carbocycles. The Balaban J connectivity index is 1.47. The van der Waals surface area contributed by atoms with Gasteiger partial charge in [0.25, 0.3) is 5.56 Å². The van der Waals surface area contributed by atoms with Crippen molar-refractivity contribution in [2.75, 3.05) is 6.54 Å². The van der Waals surface area contributed by atoms with E-state index in [0.717, 1.165) is 25.7 Å². The predicted molar refractivity (Wildman–Crippen MR) is 89.6 cm³/mol. The zero-order chi connectivity index (χ0) is 16.9. The minimum Gasteiger partial charge on any atom is -0.456 e. The molecule has 0 saturated heterocycles. The van der Waals surface area contributed by atoms with Crippen LogP contribution in [-0.4, -0.2) is 28.4 Å². The first-order valence-electron chi connectivity index (χ1n) is 8.03. The standard InChI is InChI=1S/C16H19N3O4S/c20-13(8-17-15(21)10-4-2-1-3-5-10)23-9-12-18-11-6-7-24-14(11)16(22)19-12/h6-7,10H,1-5,8-9H2,(H,17,21)(H,18,19,22). The first kappa shape index (κ1) is 16.6. The number of thiophene rings is 1. The number of hydrogen-bond donors (Lipinski definition) is 2. The molecule has 0 aliphatic heterocycles. The van der Waals surface area contributed by atoms with E-state index in [1.807, 2.05) is 0 Å². The average Bonchev–Trinajstić information content (AvgIpc) is 3.08. The van der Waals surface area contributed by atoms with Gasteiger partial charge in [-0.1, -0.05) is 19.3 Å². The molecule has 3 rings (SSSR count). The van der Waals surface area contributed by atoms with Gasteiger partial charge < -0.3 is 15.0 Å². The Morgan fingerprint density at radius 1 is 1.33 bits per heavy atom. The minimum absolute atomic E-state index is 0.00516. The van der Waals surface area contributed by atoms with Crippen molar-refractivity contribution < 1.29 is 14.3 Å². The van der Waals surface area contributed by atoms with Gasteiger partial charge >= 0.3 is 5.97 Å². The van der Waals surface area contributed by atoms with Crippen molar-refractivity contribution in [2.24, 2.45) is 5.92 Å². The van der Waals surface area contributed by atoms with E-state index in [4.69, 9.17) is 4.74 Å². The second-order valence-corrected chi connectivity index (χ2v) is 6.78. The van der Waals surface area contributed by atoms with Crippen LogP contribution in [0.4, 0.5) is 0 Å². The van der Waals surface area contributed by atoms with Gasteiger partial charge in [0, 0.05) is 5.92 Å². The smallest absolute Gasteiger partial charge is 0.325 e. The highest BCUT2D eigenvalue weighted by Gasteiger charge is 2.21. The number of carbonyl (C=O) groups is 2. The fraction of sp³-hybridized carbons (Fsp3) is 0.500. The Hall–Kier alpha value is -2.22. The number of nitrogens with zero attached hydrogens (tertiary/aromatic N) is 1. The second kappa shape index (κ2) is 7.57. The molecular weight excluding hydrogens is 330 g/mol. The van der Waals surface area contributed by atoms with Gasteiger partial charge in [-0.2, -0.15) is 0 Å². The Morgan fingerprint density at radius 2 is 2.12 bits per heavy atom. The van der Waals surface area contributed by atoms with Crippen molar-refractivity contribution >= 4 is 33.4 Å². The van der Waals surface area contributed by atoms with Crippen LogP contribution in [0, 0.1) is 5.92 Å². The van der Waals surface area contributed by atoms with E-state index in [2.05, 4.69) is 15.3 Å². The van der Waals surface area contributed by atoms with E-state index in [1.54, 1.807) is 11.4 Å². The monoisotopic (exact) mass is 349 g/mol. The first-order valence-corrected chi connectivity index (χ1v) is 8.91. The van der Waals surface area contributed by atoms with Crippen LogP contribution in [0.1, 0.15) is 37.9 Å². The first-order chi connectivity index (χ1) is 11.6. The van der Waals surface area contributed by atoms with Gasteiger partial charge in [0.2, 0.25) is 5.91 Å². The summed E-state index contributed by atoms with van der Waals surface area (Å²) in [6.07, 6.45) is 5.06. The van der Waals surface area contributed by atoms with Crippen molar-refractivity contribution in [1.29, 1.82) is 0 Å². The summed E-state index contributed by atoms with van der Waals surface area (Å²) in [5.74, 6) is -0.339. The van der Waals surface area contributed by atoms with Crippen LogP contribution in [0.25, 0.3) is 10.2 Å². The van der Waals surface area contributed by atoms with Crippen molar-refractivity contribution in [1.82, 2.24) is 15.3 Å². The molecule has 2 aromatic heterocycles. The highest BCUT2D eigenvalue weighted by molar-refractivity contribution is 7.17. The fourth-order valence-corrected chi connectivity index (χ4v) is 3.58. The zero-order valence-electron chi connectivity index (χ0n) is 13.2. The Labute approximate surface area is 142 Å². The highest BCUT2D eigenvalue weighted by Crippen LogP contribution is 2.23. The van der Waals surface area contributed by atoms with Gasteiger partial charge in [0.05, 0.1) is 5.52 Å². The van der Waals surface area contributed by atoms with Crippen LogP contribution in [-0.2, 0) is 20.9 Å². The van der Waals surface area contributed by atoms with Crippen molar-refractivity contribution in [3.8, 4) is 0 Å². The Bertz CT molecular complexity index is 792. The quantitative estimate of drug-likeness (QED) is 0.801. The van der Waals surface area contributed by atoms with Crippen molar-refractivity contribution in [3.63, 3.8) is 0 Å². The molecule has 128 valence electrons. The van der Waals surface area contributed by atoms with Crippen molar-refractivity contribution in [2.45, 2.75) is 38.7 Å². The van der Waals surface area contributed by atoms with Crippen LogP contribution in [0.15, 0.2) is 16.2 Å². The number of esters is 1. The minimum atomic E-state index is -0.549. The average molecular weight is 349 g/mol. The van der Waals surface area contributed by atoms with Gasteiger partial charge in [0.15, 0.2) is 0 Å². The summed E-state index contributed by atoms with van der Waals surface area (Å²) in [5.41, 5.74) is 0.340. The van der Waals surface area contributed by atoms with Crippen LogP contribution in [0.3, 0.4) is 0 Å². The molecule has 0 atom stereocenters. The molecule has 0 radical (unpaired) electrons. The summed E-state index contributed by atoms with van der Waals surface area (Å²) in [4.78, 5) is 42.3. The zero-order valence-corrected chi connectivity index (χ0v) is 14.0. The third-order valence-electron chi connectivity index (χ3n) is 4.12.